The normalized spacial score (nSPS) is 12.0. The SMILES string of the molecule is Cc1c(-c2nnc(N)s2)cnn1CCC(F)(F)F. The summed E-state index contributed by atoms with van der Waals surface area (Å²) in [5.74, 6) is 0. The van der Waals surface area contributed by atoms with Crippen LogP contribution in [0.4, 0.5) is 18.3 Å². The molecule has 0 fully saturated rings. The Balaban J connectivity index is 2.19. The first-order valence-corrected chi connectivity index (χ1v) is 5.87. The molecule has 2 aromatic rings. The Kier molecular flexibility index (Phi) is 3.24. The van der Waals surface area contributed by atoms with Gasteiger partial charge in [0.1, 0.15) is 0 Å². The maximum atomic E-state index is 12.1. The maximum Gasteiger partial charge on any atom is 0.390 e. The van der Waals surface area contributed by atoms with Crippen LogP contribution in [0.15, 0.2) is 6.20 Å². The van der Waals surface area contributed by atoms with Crippen molar-refractivity contribution in [1.82, 2.24) is 20.0 Å². The van der Waals surface area contributed by atoms with E-state index in [0.717, 1.165) is 0 Å². The highest BCUT2D eigenvalue weighted by atomic mass is 32.1. The van der Waals surface area contributed by atoms with Gasteiger partial charge in [-0.15, -0.1) is 10.2 Å². The summed E-state index contributed by atoms with van der Waals surface area (Å²) in [7, 11) is 0. The Hall–Kier alpha value is -1.64. The van der Waals surface area contributed by atoms with Gasteiger partial charge in [-0.3, -0.25) is 4.68 Å². The van der Waals surface area contributed by atoms with Crippen LogP contribution in [0.3, 0.4) is 0 Å². The number of hydrogen-bond donors (Lipinski definition) is 1. The molecule has 0 saturated carbocycles. The summed E-state index contributed by atoms with van der Waals surface area (Å²) in [6, 6.07) is 0. The Morgan fingerprint density at radius 1 is 1.39 bits per heavy atom. The van der Waals surface area contributed by atoms with Gasteiger partial charge in [-0.2, -0.15) is 18.3 Å². The standard InChI is InChI=1S/C9H10F3N5S/c1-5-6(7-15-16-8(13)18-7)4-14-17(5)3-2-9(10,11)12/h4H,2-3H2,1H3,(H2,13,16). The van der Waals surface area contributed by atoms with Gasteiger partial charge < -0.3 is 5.73 Å². The van der Waals surface area contributed by atoms with E-state index in [-0.39, 0.29) is 6.54 Å². The van der Waals surface area contributed by atoms with Gasteiger partial charge in [0.25, 0.3) is 0 Å². The molecule has 0 aliphatic heterocycles. The Labute approximate surface area is 104 Å². The molecule has 2 aromatic heterocycles. The second kappa shape index (κ2) is 4.56. The molecular weight excluding hydrogens is 267 g/mol. The van der Waals surface area contributed by atoms with Gasteiger partial charge >= 0.3 is 6.18 Å². The lowest BCUT2D eigenvalue weighted by molar-refractivity contribution is -0.137. The highest BCUT2D eigenvalue weighted by molar-refractivity contribution is 7.18. The first-order chi connectivity index (χ1) is 8.37. The van der Waals surface area contributed by atoms with Crippen molar-refractivity contribution in [2.75, 3.05) is 5.73 Å². The molecule has 0 saturated heterocycles. The van der Waals surface area contributed by atoms with Crippen LogP contribution in [0.1, 0.15) is 12.1 Å². The summed E-state index contributed by atoms with van der Waals surface area (Å²) < 4.78 is 37.7. The third-order valence-corrected chi connectivity index (χ3v) is 3.17. The van der Waals surface area contributed by atoms with Crippen LogP contribution in [-0.2, 0) is 6.54 Å². The molecule has 0 bridgehead atoms. The Bertz CT molecular complexity index is 545. The van der Waals surface area contributed by atoms with Crippen molar-refractivity contribution in [3.8, 4) is 10.6 Å². The number of aromatic nitrogens is 4. The molecule has 0 aromatic carbocycles. The number of aryl methyl sites for hydroxylation is 1. The fourth-order valence-electron chi connectivity index (χ4n) is 1.46. The van der Waals surface area contributed by atoms with Crippen LogP contribution >= 0.6 is 11.3 Å². The molecule has 18 heavy (non-hydrogen) atoms. The van der Waals surface area contributed by atoms with E-state index in [1.807, 2.05) is 0 Å². The lowest BCUT2D eigenvalue weighted by Crippen LogP contribution is -2.13. The zero-order valence-electron chi connectivity index (χ0n) is 9.40. The van der Waals surface area contributed by atoms with Crippen LogP contribution in [0.5, 0.6) is 0 Å². The molecule has 5 nitrogen and oxygen atoms in total. The third-order valence-electron chi connectivity index (χ3n) is 2.38. The minimum atomic E-state index is -4.19. The maximum absolute atomic E-state index is 12.1. The van der Waals surface area contributed by atoms with E-state index in [4.69, 9.17) is 5.73 Å². The van der Waals surface area contributed by atoms with E-state index in [9.17, 15) is 13.2 Å². The lowest BCUT2D eigenvalue weighted by atomic mass is 10.3. The topological polar surface area (TPSA) is 69.6 Å². The van der Waals surface area contributed by atoms with E-state index in [2.05, 4.69) is 15.3 Å². The van der Waals surface area contributed by atoms with E-state index >= 15 is 0 Å². The quantitative estimate of drug-likeness (QED) is 0.934. The van der Waals surface area contributed by atoms with Crippen molar-refractivity contribution in [1.29, 1.82) is 0 Å². The molecule has 2 heterocycles. The number of halogens is 3. The van der Waals surface area contributed by atoms with Gasteiger partial charge in [0.05, 0.1) is 18.2 Å². The minimum absolute atomic E-state index is 0.205. The monoisotopic (exact) mass is 277 g/mol. The van der Waals surface area contributed by atoms with E-state index in [1.54, 1.807) is 6.92 Å². The summed E-state index contributed by atoms with van der Waals surface area (Å²) in [6.07, 6.45) is -3.62. The number of anilines is 1. The molecule has 9 heteroatoms. The van der Waals surface area contributed by atoms with E-state index in [0.29, 0.717) is 21.4 Å². The smallest absolute Gasteiger partial charge is 0.374 e. The fraction of sp³-hybridized carbons (Fsp3) is 0.444. The summed E-state index contributed by atoms with van der Waals surface area (Å²) in [6.45, 7) is 1.49. The Morgan fingerprint density at radius 3 is 2.67 bits per heavy atom. The highest BCUT2D eigenvalue weighted by Gasteiger charge is 2.27. The van der Waals surface area contributed by atoms with Crippen LogP contribution in [0.2, 0.25) is 0 Å². The number of nitrogens with two attached hydrogens (primary N) is 1. The minimum Gasteiger partial charge on any atom is -0.374 e. The lowest BCUT2D eigenvalue weighted by Gasteiger charge is -2.07. The van der Waals surface area contributed by atoms with Gasteiger partial charge in [0.2, 0.25) is 5.13 Å². The molecule has 0 amide bonds. The van der Waals surface area contributed by atoms with Gasteiger partial charge in [0, 0.05) is 12.2 Å². The molecule has 98 valence electrons. The summed E-state index contributed by atoms with van der Waals surface area (Å²) in [5, 5.41) is 12.3. The molecule has 0 aliphatic rings. The van der Waals surface area contributed by atoms with Crippen molar-refractivity contribution >= 4 is 16.5 Å². The van der Waals surface area contributed by atoms with Crippen molar-refractivity contribution in [3.05, 3.63) is 11.9 Å². The van der Waals surface area contributed by atoms with Crippen molar-refractivity contribution < 1.29 is 13.2 Å². The van der Waals surface area contributed by atoms with Crippen LogP contribution in [0.25, 0.3) is 10.6 Å². The van der Waals surface area contributed by atoms with Gasteiger partial charge in [-0.05, 0) is 6.92 Å². The summed E-state index contributed by atoms with van der Waals surface area (Å²) in [5.41, 5.74) is 6.74. The van der Waals surface area contributed by atoms with Gasteiger partial charge in [-0.1, -0.05) is 11.3 Å². The number of nitrogens with zero attached hydrogens (tertiary/aromatic N) is 4. The first kappa shape index (κ1) is 12.8. The molecule has 2 N–H and O–H groups in total. The average Bonchev–Trinajstić information content (AvgIpc) is 2.81. The summed E-state index contributed by atoms with van der Waals surface area (Å²) in [4.78, 5) is 0. The number of rotatable bonds is 3. The molecule has 0 atom stereocenters. The molecular formula is C9H10F3N5S. The van der Waals surface area contributed by atoms with E-state index in [1.165, 1.54) is 22.2 Å². The van der Waals surface area contributed by atoms with Crippen molar-refractivity contribution in [2.45, 2.75) is 26.1 Å². The van der Waals surface area contributed by atoms with Crippen molar-refractivity contribution in [3.63, 3.8) is 0 Å². The summed E-state index contributed by atoms with van der Waals surface area (Å²) >= 11 is 1.17. The fourth-order valence-corrected chi connectivity index (χ4v) is 2.13. The molecule has 2 rings (SSSR count). The molecule has 0 radical (unpaired) electrons. The Morgan fingerprint density at radius 2 is 2.11 bits per heavy atom. The first-order valence-electron chi connectivity index (χ1n) is 5.05. The predicted molar refractivity (Wildman–Crippen MR) is 61.0 cm³/mol. The second-order valence-electron chi connectivity index (χ2n) is 3.68. The van der Waals surface area contributed by atoms with E-state index < -0.39 is 12.6 Å². The third kappa shape index (κ3) is 2.78. The highest BCUT2D eigenvalue weighted by Crippen LogP contribution is 2.28. The number of hydrogen-bond acceptors (Lipinski definition) is 5. The van der Waals surface area contributed by atoms with Gasteiger partial charge in [0.15, 0.2) is 5.01 Å². The van der Waals surface area contributed by atoms with Crippen LogP contribution in [-0.4, -0.2) is 26.2 Å². The van der Waals surface area contributed by atoms with Gasteiger partial charge in [-0.25, -0.2) is 0 Å². The molecule has 0 unspecified atom stereocenters. The predicted octanol–water partition coefficient (Wildman–Crippen LogP) is 2.24. The molecule has 0 spiro atoms. The largest absolute Gasteiger partial charge is 0.390 e. The zero-order chi connectivity index (χ0) is 13.3. The van der Waals surface area contributed by atoms with Crippen molar-refractivity contribution in [2.24, 2.45) is 0 Å². The number of alkyl halides is 3. The van der Waals surface area contributed by atoms with Crippen LogP contribution in [0, 0.1) is 6.92 Å². The zero-order valence-corrected chi connectivity index (χ0v) is 10.2. The number of nitrogen functional groups attached to an aromatic ring is 1. The van der Waals surface area contributed by atoms with Crippen LogP contribution < -0.4 is 5.73 Å². The average molecular weight is 277 g/mol. The molecule has 0 aliphatic carbocycles. The second-order valence-corrected chi connectivity index (χ2v) is 4.69.